The molecule has 0 bridgehead atoms. The highest BCUT2D eigenvalue weighted by molar-refractivity contribution is 7.80. The zero-order chi connectivity index (χ0) is 19.8. The van der Waals surface area contributed by atoms with Crippen molar-refractivity contribution in [2.45, 2.75) is 32.2 Å². The maximum absolute atomic E-state index is 6.25. The smallest absolute Gasteiger partial charge is 0.173 e. The number of nitrogens with one attached hydrogen (secondary N) is 1. The van der Waals surface area contributed by atoms with Gasteiger partial charge >= 0.3 is 0 Å². The number of ether oxygens (including phenoxy) is 1. The molecule has 0 atom stereocenters. The number of hydrogen-bond donors (Lipinski definition) is 1. The SMILES string of the molecule is COc1ccc(NC(=S)N(CCCN2CCCCC2)Cc2cccs2)cc1Cl. The second kappa shape index (κ2) is 11.0. The Morgan fingerprint density at radius 3 is 2.79 bits per heavy atom. The summed E-state index contributed by atoms with van der Waals surface area (Å²) in [5.74, 6) is 0.662. The lowest BCUT2D eigenvalue weighted by Crippen LogP contribution is -2.37. The van der Waals surface area contributed by atoms with Crippen molar-refractivity contribution in [2.75, 3.05) is 38.6 Å². The van der Waals surface area contributed by atoms with Crippen LogP contribution in [-0.2, 0) is 6.54 Å². The first kappa shape index (κ1) is 21.4. The quantitative estimate of drug-likeness (QED) is 0.551. The van der Waals surface area contributed by atoms with Crippen LogP contribution in [-0.4, -0.2) is 48.2 Å². The van der Waals surface area contributed by atoms with Gasteiger partial charge in [-0.25, -0.2) is 0 Å². The molecule has 1 aliphatic rings. The summed E-state index contributed by atoms with van der Waals surface area (Å²) in [6.07, 6.45) is 5.14. The average Bonchev–Trinajstić information content (AvgIpc) is 3.21. The molecule has 1 saturated heterocycles. The largest absolute Gasteiger partial charge is 0.495 e. The van der Waals surface area contributed by atoms with Crippen LogP contribution < -0.4 is 10.1 Å². The molecule has 1 N–H and O–H groups in total. The average molecular weight is 438 g/mol. The number of rotatable bonds is 8. The monoisotopic (exact) mass is 437 g/mol. The van der Waals surface area contributed by atoms with E-state index in [-0.39, 0.29) is 0 Å². The van der Waals surface area contributed by atoms with Crippen LogP contribution in [0.15, 0.2) is 35.7 Å². The van der Waals surface area contributed by atoms with Crippen molar-refractivity contribution in [2.24, 2.45) is 0 Å². The van der Waals surface area contributed by atoms with Crippen LogP contribution in [0, 0.1) is 0 Å². The Morgan fingerprint density at radius 1 is 1.29 bits per heavy atom. The molecule has 0 aliphatic carbocycles. The molecular weight excluding hydrogens is 410 g/mol. The van der Waals surface area contributed by atoms with Crippen molar-refractivity contribution >= 4 is 46.0 Å². The maximum Gasteiger partial charge on any atom is 0.173 e. The number of anilines is 1. The van der Waals surface area contributed by atoms with Gasteiger partial charge in [-0.2, -0.15) is 0 Å². The summed E-state index contributed by atoms with van der Waals surface area (Å²) >= 11 is 13.8. The lowest BCUT2D eigenvalue weighted by Gasteiger charge is -2.29. The van der Waals surface area contributed by atoms with E-state index < -0.39 is 0 Å². The summed E-state index contributed by atoms with van der Waals surface area (Å²) in [5, 5.41) is 6.76. The third-order valence-corrected chi connectivity index (χ3v) is 6.48. The maximum atomic E-state index is 6.25. The zero-order valence-corrected chi connectivity index (χ0v) is 18.7. The third-order valence-electron chi connectivity index (χ3n) is 4.97. The summed E-state index contributed by atoms with van der Waals surface area (Å²) in [5.41, 5.74) is 0.878. The lowest BCUT2D eigenvalue weighted by atomic mass is 10.1. The van der Waals surface area contributed by atoms with Crippen LogP contribution in [0.5, 0.6) is 5.75 Å². The molecule has 4 nitrogen and oxygen atoms in total. The standard InChI is InChI=1S/C21H28ClN3OS2/c1-26-20-9-8-17(15-19(20)22)23-21(27)25(16-18-7-5-14-28-18)13-6-12-24-10-3-2-4-11-24/h5,7-9,14-15H,2-4,6,10-13,16H2,1H3,(H,23,27). The summed E-state index contributed by atoms with van der Waals surface area (Å²) in [6.45, 7) is 5.37. The van der Waals surface area contributed by atoms with E-state index in [9.17, 15) is 0 Å². The molecule has 0 saturated carbocycles. The van der Waals surface area contributed by atoms with Gasteiger partial charge in [0.15, 0.2) is 5.11 Å². The third kappa shape index (κ3) is 6.34. The van der Waals surface area contributed by atoms with Crippen LogP contribution >= 0.6 is 35.2 Å². The molecule has 1 aromatic carbocycles. The number of thiocarbonyl (C=S) groups is 1. The molecule has 1 aliphatic heterocycles. The summed E-state index contributed by atoms with van der Waals surface area (Å²) in [6, 6.07) is 9.89. The molecule has 2 aromatic rings. The Morgan fingerprint density at radius 2 is 2.11 bits per heavy atom. The molecular formula is C21H28ClN3OS2. The predicted octanol–water partition coefficient (Wildman–Crippen LogP) is 5.49. The molecule has 0 unspecified atom stereocenters. The second-order valence-corrected chi connectivity index (χ2v) is 8.86. The number of methoxy groups -OCH3 is 1. The van der Waals surface area contributed by atoms with Gasteiger partial charge in [0.1, 0.15) is 5.75 Å². The minimum absolute atomic E-state index is 0.574. The van der Waals surface area contributed by atoms with E-state index in [1.54, 1.807) is 18.4 Å². The lowest BCUT2D eigenvalue weighted by molar-refractivity contribution is 0.218. The van der Waals surface area contributed by atoms with E-state index in [1.165, 1.54) is 37.2 Å². The van der Waals surface area contributed by atoms with Crippen LogP contribution in [0.1, 0.15) is 30.6 Å². The fraction of sp³-hybridized carbons (Fsp3) is 0.476. The van der Waals surface area contributed by atoms with E-state index >= 15 is 0 Å². The topological polar surface area (TPSA) is 27.7 Å². The van der Waals surface area contributed by atoms with Crippen molar-refractivity contribution in [3.05, 3.63) is 45.6 Å². The number of likely N-dealkylation sites (tertiary alicyclic amines) is 1. The van der Waals surface area contributed by atoms with Gasteiger partial charge in [-0.05, 0) is 80.8 Å². The van der Waals surface area contributed by atoms with E-state index in [0.717, 1.165) is 36.9 Å². The van der Waals surface area contributed by atoms with Gasteiger partial charge in [0, 0.05) is 17.1 Å². The van der Waals surface area contributed by atoms with Crippen LogP contribution in [0.3, 0.4) is 0 Å². The first-order valence-electron chi connectivity index (χ1n) is 9.80. The molecule has 0 radical (unpaired) electrons. The molecule has 1 aromatic heterocycles. The summed E-state index contributed by atoms with van der Waals surface area (Å²) < 4.78 is 5.23. The minimum atomic E-state index is 0.574. The Bertz CT molecular complexity index is 748. The number of nitrogens with zero attached hydrogens (tertiary/aromatic N) is 2. The van der Waals surface area contributed by atoms with E-state index in [0.29, 0.717) is 10.8 Å². The predicted molar refractivity (Wildman–Crippen MR) is 124 cm³/mol. The second-order valence-electron chi connectivity index (χ2n) is 7.04. The first-order valence-corrected chi connectivity index (χ1v) is 11.5. The Kier molecular flexibility index (Phi) is 8.40. The molecule has 1 fully saturated rings. The highest BCUT2D eigenvalue weighted by Gasteiger charge is 2.14. The number of halogens is 1. The van der Waals surface area contributed by atoms with E-state index in [1.807, 2.05) is 18.2 Å². The van der Waals surface area contributed by atoms with Gasteiger partial charge in [-0.1, -0.05) is 24.1 Å². The number of piperidine rings is 1. The van der Waals surface area contributed by atoms with E-state index in [2.05, 4.69) is 32.6 Å². The van der Waals surface area contributed by atoms with E-state index in [4.69, 9.17) is 28.6 Å². The van der Waals surface area contributed by atoms with Gasteiger partial charge in [-0.3, -0.25) is 0 Å². The van der Waals surface area contributed by atoms with Crippen LogP contribution in [0.25, 0.3) is 0 Å². The van der Waals surface area contributed by atoms with Gasteiger partial charge in [-0.15, -0.1) is 11.3 Å². The summed E-state index contributed by atoms with van der Waals surface area (Å²) in [4.78, 5) is 6.14. The molecule has 3 rings (SSSR count). The highest BCUT2D eigenvalue weighted by Crippen LogP contribution is 2.27. The van der Waals surface area contributed by atoms with Crippen LogP contribution in [0.2, 0.25) is 5.02 Å². The number of benzene rings is 1. The van der Waals surface area contributed by atoms with Gasteiger partial charge in [0.05, 0.1) is 18.7 Å². The molecule has 0 spiro atoms. The zero-order valence-electron chi connectivity index (χ0n) is 16.3. The van der Waals surface area contributed by atoms with Crippen molar-refractivity contribution < 1.29 is 4.74 Å². The van der Waals surface area contributed by atoms with Crippen molar-refractivity contribution in [1.29, 1.82) is 0 Å². The molecule has 28 heavy (non-hydrogen) atoms. The molecule has 7 heteroatoms. The Hall–Kier alpha value is -1.34. The number of hydrogen-bond acceptors (Lipinski definition) is 4. The molecule has 2 heterocycles. The van der Waals surface area contributed by atoms with Gasteiger partial charge < -0.3 is 19.9 Å². The normalized spacial score (nSPS) is 14.6. The van der Waals surface area contributed by atoms with Gasteiger partial charge in [0.25, 0.3) is 0 Å². The van der Waals surface area contributed by atoms with Crippen molar-refractivity contribution in [1.82, 2.24) is 9.80 Å². The Balaban J connectivity index is 1.59. The first-order chi connectivity index (χ1) is 13.7. The van der Waals surface area contributed by atoms with Gasteiger partial charge in [0.2, 0.25) is 0 Å². The Labute approximate surface area is 182 Å². The molecule has 152 valence electrons. The fourth-order valence-electron chi connectivity index (χ4n) is 3.46. The molecule has 0 amide bonds. The number of thiophene rings is 1. The fourth-order valence-corrected chi connectivity index (χ4v) is 4.71. The van der Waals surface area contributed by atoms with Crippen molar-refractivity contribution in [3.8, 4) is 5.75 Å². The van der Waals surface area contributed by atoms with Crippen molar-refractivity contribution in [3.63, 3.8) is 0 Å². The summed E-state index contributed by atoms with van der Waals surface area (Å²) in [7, 11) is 1.62. The minimum Gasteiger partial charge on any atom is -0.495 e. The van der Waals surface area contributed by atoms with Crippen LogP contribution in [0.4, 0.5) is 5.69 Å². The highest BCUT2D eigenvalue weighted by atomic mass is 35.5.